The van der Waals surface area contributed by atoms with Crippen LogP contribution in [-0.2, 0) is 0 Å². The first kappa shape index (κ1) is 10.3. The van der Waals surface area contributed by atoms with Crippen LogP contribution in [-0.4, -0.2) is 17.6 Å². The van der Waals surface area contributed by atoms with Gasteiger partial charge >= 0.3 is 0 Å². The summed E-state index contributed by atoms with van der Waals surface area (Å²) in [5, 5.41) is 6.99. The third-order valence-corrected chi connectivity index (χ3v) is 3.31. The first-order valence-corrected chi connectivity index (χ1v) is 5.68. The second-order valence-electron chi connectivity index (χ2n) is 4.37. The average Bonchev–Trinajstić information content (AvgIpc) is 2.28. The van der Waals surface area contributed by atoms with E-state index in [9.17, 15) is 0 Å². The van der Waals surface area contributed by atoms with Crippen LogP contribution in [0.2, 0.25) is 0 Å². The number of rotatable bonds is 2. The van der Waals surface area contributed by atoms with Crippen LogP contribution >= 0.6 is 0 Å². The van der Waals surface area contributed by atoms with Gasteiger partial charge in [0.25, 0.3) is 0 Å². The van der Waals surface area contributed by atoms with Gasteiger partial charge in [-0.1, -0.05) is 20.3 Å². The van der Waals surface area contributed by atoms with E-state index in [1.165, 1.54) is 12.0 Å². The lowest BCUT2D eigenvalue weighted by atomic mass is 9.97. The van der Waals surface area contributed by atoms with E-state index in [1.54, 1.807) is 0 Å². The zero-order valence-electron chi connectivity index (χ0n) is 9.67. The molecule has 3 nitrogen and oxygen atoms in total. The van der Waals surface area contributed by atoms with Crippen molar-refractivity contribution < 1.29 is 0 Å². The van der Waals surface area contributed by atoms with Crippen molar-refractivity contribution in [2.45, 2.75) is 33.2 Å². The largest absolute Gasteiger partial charge is 0.380 e. The topological polar surface area (TPSA) is 37.0 Å². The van der Waals surface area contributed by atoms with E-state index in [-0.39, 0.29) is 0 Å². The Labute approximate surface area is 91.3 Å². The van der Waals surface area contributed by atoms with E-state index in [0.717, 1.165) is 18.1 Å². The molecule has 2 rings (SSSR count). The number of anilines is 2. The Balaban J connectivity index is 2.20. The van der Waals surface area contributed by atoms with Gasteiger partial charge in [-0.25, -0.2) is 4.98 Å². The molecule has 0 radical (unpaired) electrons. The Morgan fingerprint density at radius 1 is 1.60 bits per heavy atom. The van der Waals surface area contributed by atoms with Crippen LogP contribution in [0.15, 0.2) is 12.3 Å². The number of hydrogen-bond donors (Lipinski definition) is 2. The van der Waals surface area contributed by atoms with Crippen LogP contribution in [0.3, 0.4) is 0 Å². The van der Waals surface area contributed by atoms with Crippen molar-refractivity contribution in [3.63, 3.8) is 0 Å². The van der Waals surface area contributed by atoms with Crippen molar-refractivity contribution in [2.24, 2.45) is 5.92 Å². The molecule has 0 spiro atoms. The molecule has 1 aromatic rings. The highest BCUT2D eigenvalue weighted by atomic mass is 15.1. The summed E-state index contributed by atoms with van der Waals surface area (Å²) < 4.78 is 0. The van der Waals surface area contributed by atoms with Crippen LogP contribution in [0, 0.1) is 12.8 Å². The van der Waals surface area contributed by atoms with Crippen molar-refractivity contribution in [2.75, 3.05) is 17.2 Å². The molecule has 0 aromatic carbocycles. The summed E-state index contributed by atoms with van der Waals surface area (Å²) in [4.78, 5) is 4.37. The Morgan fingerprint density at radius 3 is 3.13 bits per heavy atom. The van der Waals surface area contributed by atoms with Gasteiger partial charge < -0.3 is 10.6 Å². The van der Waals surface area contributed by atoms with Gasteiger partial charge in [0.2, 0.25) is 0 Å². The SMILES string of the molecule is CCC(C)C1CNc2c(C)ccnc2N1. The minimum absolute atomic E-state index is 0.497. The number of hydrogen-bond acceptors (Lipinski definition) is 3. The molecule has 1 aromatic heterocycles. The predicted octanol–water partition coefficient (Wildman–Crippen LogP) is 2.64. The van der Waals surface area contributed by atoms with Crippen molar-refractivity contribution in [3.8, 4) is 0 Å². The predicted molar refractivity (Wildman–Crippen MR) is 64.3 cm³/mol. The molecule has 1 aliphatic heterocycles. The number of nitrogens with zero attached hydrogens (tertiary/aromatic N) is 1. The van der Waals surface area contributed by atoms with Crippen LogP contribution in [0.5, 0.6) is 0 Å². The lowest BCUT2D eigenvalue weighted by Gasteiger charge is -2.31. The van der Waals surface area contributed by atoms with Crippen molar-refractivity contribution >= 4 is 11.5 Å². The van der Waals surface area contributed by atoms with Crippen LogP contribution in [0.4, 0.5) is 11.5 Å². The molecule has 2 unspecified atom stereocenters. The van der Waals surface area contributed by atoms with Crippen molar-refractivity contribution in [1.82, 2.24) is 4.98 Å². The minimum Gasteiger partial charge on any atom is -0.380 e. The molecule has 3 heteroatoms. The average molecular weight is 205 g/mol. The quantitative estimate of drug-likeness (QED) is 0.779. The van der Waals surface area contributed by atoms with Gasteiger partial charge in [-0.15, -0.1) is 0 Å². The summed E-state index contributed by atoms with van der Waals surface area (Å²) in [6.07, 6.45) is 3.06. The van der Waals surface area contributed by atoms with Gasteiger partial charge in [-0.3, -0.25) is 0 Å². The van der Waals surface area contributed by atoms with Gasteiger partial charge in [0, 0.05) is 18.8 Å². The maximum Gasteiger partial charge on any atom is 0.149 e. The fourth-order valence-corrected chi connectivity index (χ4v) is 1.96. The molecule has 82 valence electrons. The zero-order chi connectivity index (χ0) is 10.8. The molecular formula is C12H19N3. The number of aromatic nitrogens is 1. The second kappa shape index (κ2) is 4.09. The summed E-state index contributed by atoms with van der Waals surface area (Å²) >= 11 is 0. The van der Waals surface area contributed by atoms with E-state index in [0.29, 0.717) is 12.0 Å². The third-order valence-electron chi connectivity index (χ3n) is 3.31. The highest BCUT2D eigenvalue weighted by Crippen LogP contribution is 2.29. The van der Waals surface area contributed by atoms with E-state index >= 15 is 0 Å². The third kappa shape index (κ3) is 1.91. The normalized spacial score (nSPS) is 21.1. The Hall–Kier alpha value is -1.25. The minimum atomic E-state index is 0.497. The van der Waals surface area contributed by atoms with Gasteiger partial charge in [0.15, 0.2) is 0 Å². The Bertz CT molecular complexity index is 349. The van der Waals surface area contributed by atoms with Gasteiger partial charge in [0.1, 0.15) is 5.82 Å². The van der Waals surface area contributed by atoms with Gasteiger partial charge in [-0.2, -0.15) is 0 Å². The summed E-state index contributed by atoms with van der Waals surface area (Å²) in [7, 11) is 0. The molecule has 15 heavy (non-hydrogen) atoms. The smallest absolute Gasteiger partial charge is 0.149 e. The number of aryl methyl sites for hydroxylation is 1. The molecule has 0 bridgehead atoms. The lowest BCUT2D eigenvalue weighted by Crippen LogP contribution is -2.38. The second-order valence-corrected chi connectivity index (χ2v) is 4.37. The summed E-state index contributed by atoms with van der Waals surface area (Å²) in [5.74, 6) is 1.68. The van der Waals surface area contributed by atoms with Crippen LogP contribution in [0.25, 0.3) is 0 Å². The fourth-order valence-electron chi connectivity index (χ4n) is 1.96. The maximum atomic E-state index is 4.37. The number of fused-ring (bicyclic) bond motifs is 1. The monoisotopic (exact) mass is 205 g/mol. The van der Waals surface area contributed by atoms with E-state index in [1.807, 2.05) is 12.3 Å². The zero-order valence-corrected chi connectivity index (χ0v) is 9.67. The van der Waals surface area contributed by atoms with Crippen LogP contribution in [0.1, 0.15) is 25.8 Å². The molecule has 0 saturated heterocycles. The molecule has 1 aliphatic rings. The summed E-state index contributed by atoms with van der Waals surface area (Å²) in [6, 6.07) is 2.54. The summed E-state index contributed by atoms with van der Waals surface area (Å²) in [5.41, 5.74) is 2.42. The standard InChI is InChI=1S/C12H19N3/c1-4-8(2)10-7-14-11-9(3)5-6-13-12(11)15-10/h5-6,8,10,14H,4,7H2,1-3H3,(H,13,15). The Morgan fingerprint density at radius 2 is 2.40 bits per heavy atom. The molecule has 2 heterocycles. The highest BCUT2D eigenvalue weighted by Gasteiger charge is 2.22. The Kier molecular flexibility index (Phi) is 2.80. The van der Waals surface area contributed by atoms with Crippen LogP contribution < -0.4 is 10.6 Å². The molecule has 2 atom stereocenters. The van der Waals surface area contributed by atoms with E-state index < -0.39 is 0 Å². The highest BCUT2D eigenvalue weighted by molar-refractivity contribution is 5.70. The first-order chi connectivity index (χ1) is 7.22. The lowest BCUT2D eigenvalue weighted by molar-refractivity contribution is 0.476. The first-order valence-electron chi connectivity index (χ1n) is 5.68. The molecule has 0 aliphatic carbocycles. The molecule has 0 amide bonds. The number of nitrogens with one attached hydrogen (secondary N) is 2. The molecule has 0 saturated carbocycles. The van der Waals surface area contributed by atoms with Gasteiger partial charge in [0.05, 0.1) is 5.69 Å². The van der Waals surface area contributed by atoms with Crippen molar-refractivity contribution in [3.05, 3.63) is 17.8 Å². The molecular weight excluding hydrogens is 186 g/mol. The number of pyridine rings is 1. The fraction of sp³-hybridized carbons (Fsp3) is 0.583. The van der Waals surface area contributed by atoms with E-state index in [2.05, 4.69) is 36.4 Å². The summed E-state index contributed by atoms with van der Waals surface area (Å²) in [6.45, 7) is 7.61. The van der Waals surface area contributed by atoms with Crippen molar-refractivity contribution in [1.29, 1.82) is 0 Å². The van der Waals surface area contributed by atoms with Gasteiger partial charge in [-0.05, 0) is 24.5 Å². The molecule has 2 N–H and O–H groups in total. The molecule has 0 fully saturated rings. The maximum absolute atomic E-state index is 4.37. The van der Waals surface area contributed by atoms with E-state index in [4.69, 9.17) is 0 Å².